The van der Waals surface area contributed by atoms with E-state index in [0.717, 1.165) is 23.0 Å². The molecular formula is C16H15FO2. The summed E-state index contributed by atoms with van der Waals surface area (Å²) < 4.78 is 18.7. The molecule has 0 saturated heterocycles. The lowest BCUT2D eigenvalue weighted by Crippen LogP contribution is -2.02. The Morgan fingerprint density at radius 2 is 1.95 bits per heavy atom. The third-order valence-corrected chi connectivity index (χ3v) is 3.05. The highest BCUT2D eigenvalue weighted by atomic mass is 19.1. The van der Waals surface area contributed by atoms with Crippen LogP contribution >= 0.6 is 0 Å². The Bertz CT molecular complexity index is 606. The van der Waals surface area contributed by atoms with Crippen molar-refractivity contribution in [2.24, 2.45) is 0 Å². The first kappa shape index (κ1) is 13.3. The molecule has 2 aromatic rings. The maximum atomic E-state index is 13.0. The molecular weight excluding hydrogens is 243 g/mol. The molecule has 0 unspecified atom stereocenters. The van der Waals surface area contributed by atoms with Crippen molar-refractivity contribution in [3.63, 3.8) is 0 Å². The number of hydrogen-bond acceptors (Lipinski definition) is 2. The fourth-order valence-electron chi connectivity index (χ4n) is 1.94. The Morgan fingerprint density at radius 3 is 2.63 bits per heavy atom. The molecule has 2 nitrogen and oxygen atoms in total. The Kier molecular flexibility index (Phi) is 3.95. The first-order valence-electron chi connectivity index (χ1n) is 6.04. The van der Waals surface area contributed by atoms with Crippen LogP contribution in [0.4, 0.5) is 4.39 Å². The number of aryl methyl sites for hydroxylation is 2. The second-order valence-electron chi connectivity index (χ2n) is 4.47. The fourth-order valence-corrected chi connectivity index (χ4v) is 1.94. The van der Waals surface area contributed by atoms with Crippen LogP contribution in [0.1, 0.15) is 27.0 Å². The van der Waals surface area contributed by atoms with Gasteiger partial charge in [-0.15, -0.1) is 0 Å². The normalized spacial score (nSPS) is 10.3. The summed E-state index contributed by atoms with van der Waals surface area (Å²) in [5.74, 6) is 0.326. The van der Waals surface area contributed by atoms with Crippen molar-refractivity contribution in [1.29, 1.82) is 0 Å². The van der Waals surface area contributed by atoms with E-state index in [2.05, 4.69) is 0 Å². The second-order valence-corrected chi connectivity index (χ2v) is 4.47. The standard InChI is InChI=1S/C16H15FO2/c1-11-4-3-5-13(9-18)16(11)19-10-14-6-7-15(17)8-12(14)2/h3-9H,10H2,1-2H3. The molecule has 0 aliphatic carbocycles. The monoisotopic (exact) mass is 258 g/mol. The average molecular weight is 258 g/mol. The Balaban J connectivity index is 2.21. The van der Waals surface area contributed by atoms with Crippen LogP contribution in [-0.2, 0) is 6.61 Å². The van der Waals surface area contributed by atoms with Gasteiger partial charge in [-0.3, -0.25) is 4.79 Å². The molecule has 0 atom stereocenters. The van der Waals surface area contributed by atoms with Crippen molar-refractivity contribution in [3.8, 4) is 5.75 Å². The SMILES string of the molecule is Cc1cc(F)ccc1COc1c(C)cccc1C=O. The number of carbonyl (C=O) groups excluding carboxylic acids is 1. The van der Waals surface area contributed by atoms with Crippen LogP contribution in [0.15, 0.2) is 36.4 Å². The zero-order chi connectivity index (χ0) is 13.8. The van der Waals surface area contributed by atoms with Gasteiger partial charge in [0.25, 0.3) is 0 Å². The van der Waals surface area contributed by atoms with Gasteiger partial charge in [0.15, 0.2) is 6.29 Å². The van der Waals surface area contributed by atoms with Gasteiger partial charge in [-0.25, -0.2) is 4.39 Å². The molecule has 0 fully saturated rings. The number of para-hydroxylation sites is 1. The van der Waals surface area contributed by atoms with Crippen LogP contribution in [0.25, 0.3) is 0 Å². The molecule has 0 heterocycles. The predicted octanol–water partition coefficient (Wildman–Crippen LogP) is 3.83. The van der Waals surface area contributed by atoms with E-state index in [1.54, 1.807) is 12.1 Å². The van der Waals surface area contributed by atoms with Gasteiger partial charge >= 0.3 is 0 Å². The second kappa shape index (κ2) is 5.65. The number of ether oxygens (including phenoxy) is 1. The molecule has 0 saturated carbocycles. The van der Waals surface area contributed by atoms with E-state index in [4.69, 9.17) is 4.74 Å². The van der Waals surface area contributed by atoms with Crippen LogP contribution < -0.4 is 4.74 Å². The molecule has 0 aromatic heterocycles. The zero-order valence-corrected chi connectivity index (χ0v) is 10.9. The van der Waals surface area contributed by atoms with Gasteiger partial charge in [-0.05, 0) is 48.7 Å². The zero-order valence-electron chi connectivity index (χ0n) is 10.9. The fraction of sp³-hybridized carbons (Fsp3) is 0.188. The molecule has 2 aromatic carbocycles. The van der Waals surface area contributed by atoms with E-state index in [1.807, 2.05) is 26.0 Å². The summed E-state index contributed by atoms with van der Waals surface area (Å²) in [5.41, 5.74) is 3.17. The van der Waals surface area contributed by atoms with Gasteiger partial charge in [-0.1, -0.05) is 18.2 Å². The lowest BCUT2D eigenvalue weighted by molar-refractivity contribution is 0.111. The van der Waals surface area contributed by atoms with Crippen LogP contribution in [0.5, 0.6) is 5.75 Å². The van der Waals surface area contributed by atoms with E-state index < -0.39 is 0 Å². The van der Waals surface area contributed by atoms with Crippen LogP contribution in [0, 0.1) is 19.7 Å². The Labute approximate surface area is 111 Å². The number of benzene rings is 2. The van der Waals surface area contributed by atoms with Crippen molar-refractivity contribution >= 4 is 6.29 Å². The lowest BCUT2D eigenvalue weighted by atomic mass is 10.1. The minimum Gasteiger partial charge on any atom is -0.488 e. The van der Waals surface area contributed by atoms with Crippen LogP contribution in [-0.4, -0.2) is 6.29 Å². The molecule has 0 bridgehead atoms. The van der Waals surface area contributed by atoms with Crippen molar-refractivity contribution < 1.29 is 13.9 Å². The minimum absolute atomic E-state index is 0.259. The summed E-state index contributed by atoms with van der Waals surface area (Å²) in [5, 5.41) is 0. The third-order valence-electron chi connectivity index (χ3n) is 3.05. The third kappa shape index (κ3) is 2.99. The molecule has 0 aliphatic heterocycles. The maximum Gasteiger partial charge on any atom is 0.153 e. The van der Waals surface area contributed by atoms with Crippen LogP contribution in [0.3, 0.4) is 0 Å². The number of halogens is 1. The quantitative estimate of drug-likeness (QED) is 0.779. The predicted molar refractivity (Wildman–Crippen MR) is 72.0 cm³/mol. The van der Waals surface area contributed by atoms with Crippen molar-refractivity contribution in [3.05, 3.63) is 64.5 Å². The first-order valence-corrected chi connectivity index (χ1v) is 6.04. The number of carbonyl (C=O) groups is 1. The van der Waals surface area contributed by atoms with E-state index in [1.165, 1.54) is 12.1 Å². The van der Waals surface area contributed by atoms with E-state index in [9.17, 15) is 9.18 Å². The molecule has 2 rings (SSSR count). The van der Waals surface area contributed by atoms with E-state index in [-0.39, 0.29) is 5.82 Å². The van der Waals surface area contributed by atoms with Gasteiger partial charge in [-0.2, -0.15) is 0 Å². The lowest BCUT2D eigenvalue weighted by Gasteiger charge is -2.12. The van der Waals surface area contributed by atoms with Gasteiger partial charge in [0.2, 0.25) is 0 Å². The summed E-state index contributed by atoms with van der Waals surface area (Å²) in [6.45, 7) is 4.04. The number of rotatable bonds is 4. The number of aldehydes is 1. The summed E-state index contributed by atoms with van der Waals surface area (Å²) in [7, 11) is 0. The largest absolute Gasteiger partial charge is 0.488 e. The topological polar surface area (TPSA) is 26.3 Å². The molecule has 0 amide bonds. The highest BCUT2D eigenvalue weighted by Crippen LogP contribution is 2.23. The Hall–Kier alpha value is -2.16. The summed E-state index contributed by atoms with van der Waals surface area (Å²) in [6.07, 6.45) is 0.778. The molecule has 0 spiro atoms. The van der Waals surface area contributed by atoms with Gasteiger partial charge in [0.1, 0.15) is 18.2 Å². The van der Waals surface area contributed by atoms with Crippen molar-refractivity contribution in [2.45, 2.75) is 20.5 Å². The average Bonchev–Trinajstić information content (AvgIpc) is 2.39. The summed E-state index contributed by atoms with van der Waals surface area (Å²) in [4.78, 5) is 11.0. The molecule has 3 heteroatoms. The maximum absolute atomic E-state index is 13.0. The summed E-state index contributed by atoms with van der Waals surface area (Å²) >= 11 is 0. The minimum atomic E-state index is -0.259. The summed E-state index contributed by atoms with van der Waals surface area (Å²) in [6, 6.07) is 9.99. The smallest absolute Gasteiger partial charge is 0.153 e. The van der Waals surface area contributed by atoms with E-state index in [0.29, 0.717) is 17.9 Å². The van der Waals surface area contributed by atoms with Gasteiger partial charge in [0, 0.05) is 0 Å². The molecule has 0 radical (unpaired) electrons. The van der Waals surface area contributed by atoms with E-state index >= 15 is 0 Å². The highest BCUT2D eigenvalue weighted by molar-refractivity contribution is 5.80. The molecule has 98 valence electrons. The first-order chi connectivity index (χ1) is 9.11. The molecule has 19 heavy (non-hydrogen) atoms. The van der Waals surface area contributed by atoms with Gasteiger partial charge < -0.3 is 4.74 Å². The van der Waals surface area contributed by atoms with Crippen LogP contribution in [0.2, 0.25) is 0 Å². The van der Waals surface area contributed by atoms with Crippen molar-refractivity contribution in [2.75, 3.05) is 0 Å². The molecule has 0 N–H and O–H groups in total. The van der Waals surface area contributed by atoms with Gasteiger partial charge in [0.05, 0.1) is 5.56 Å². The van der Waals surface area contributed by atoms with Crippen molar-refractivity contribution in [1.82, 2.24) is 0 Å². The number of hydrogen-bond donors (Lipinski definition) is 0. The Morgan fingerprint density at radius 1 is 1.16 bits per heavy atom. The highest BCUT2D eigenvalue weighted by Gasteiger charge is 2.07. The molecule has 0 aliphatic rings.